The Hall–Kier alpha value is -4.14. The molecule has 1 aromatic heterocycles. The van der Waals surface area contributed by atoms with Gasteiger partial charge in [-0.05, 0) is 35.6 Å². The van der Waals surface area contributed by atoms with E-state index in [2.05, 4.69) is 10.2 Å². The molecule has 9 nitrogen and oxygen atoms in total. The van der Waals surface area contributed by atoms with E-state index in [1.165, 1.54) is 12.4 Å². The average molecular weight is 447 g/mol. The van der Waals surface area contributed by atoms with E-state index >= 15 is 0 Å². The zero-order valence-electron chi connectivity index (χ0n) is 17.9. The van der Waals surface area contributed by atoms with Crippen LogP contribution in [0.4, 0.5) is 0 Å². The SMILES string of the molecule is N=C(N)c1ccc(-c2ccc(OC[C@@H]3C[C@@H](CC(=O)O)CN3C(=O)c3cn[nH]c3)cc2)cc1. The second-order valence-corrected chi connectivity index (χ2v) is 8.12. The first-order chi connectivity index (χ1) is 15.9. The third-order valence-electron chi connectivity index (χ3n) is 5.80. The largest absolute Gasteiger partial charge is 0.491 e. The lowest BCUT2D eigenvalue weighted by Gasteiger charge is -2.24. The summed E-state index contributed by atoms with van der Waals surface area (Å²) in [6, 6.07) is 14.8. The number of aliphatic carboxylic acids is 1. The van der Waals surface area contributed by atoms with Gasteiger partial charge in [0, 0.05) is 24.7 Å². The maximum absolute atomic E-state index is 12.9. The molecular weight excluding hydrogens is 422 g/mol. The molecule has 1 aliphatic rings. The van der Waals surface area contributed by atoms with Gasteiger partial charge in [0.15, 0.2) is 0 Å². The van der Waals surface area contributed by atoms with E-state index in [9.17, 15) is 14.7 Å². The highest BCUT2D eigenvalue weighted by atomic mass is 16.5. The van der Waals surface area contributed by atoms with Crippen molar-refractivity contribution in [2.45, 2.75) is 18.9 Å². The first kappa shape index (κ1) is 22.1. The Morgan fingerprint density at radius 1 is 1.12 bits per heavy atom. The maximum Gasteiger partial charge on any atom is 0.303 e. The number of carboxylic acid groups (broad SMARTS) is 1. The molecule has 0 unspecified atom stereocenters. The summed E-state index contributed by atoms with van der Waals surface area (Å²) in [4.78, 5) is 25.7. The number of H-pyrrole nitrogens is 1. The average Bonchev–Trinajstić information content (AvgIpc) is 3.48. The number of carbonyl (C=O) groups excluding carboxylic acids is 1. The molecule has 1 fully saturated rings. The van der Waals surface area contributed by atoms with Crippen molar-refractivity contribution in [3.63, 3.8) is 0 Å². The molecule has 1 amide bonds. The van der Waals surface area contributed by atoms with Crippen LogP contribution < -0.4 is 10.5 Å². The fourth-order valence-corrected chi connectivity index (χ4v) is 4.13. The summed E-state index contributed by atoms with van der Waals surface area (Å²) in [5.74, 6) is -0.481. The Labute approximate surface area is 190 Å². The third-order valence-corrected chi connectivity index (χ3v) is 5.80. The van der Waals surface area contributed by atoms with Gasteiger partial charge in [-0.2, -0.15) is 5.10 Å². The zero-order chi connectivity index (χ0) is 23.4. The highest BCUT2D eigenvalue weighted by molar-refractivity contribution is 5.95. The van der Waals surface area contributed by atoms with Gasteiger partial charge in [0.05, 0.1) is 17.8 Å². The topological polar surface area (TPSA) is 145 Å². The van der Waals surface area contributed by atoms with E-state index in [0.717, 1.165) is 11.1 Å². The van der Waals surface area contributed by atoms with E-state index in [4.69, 9.17) is 15.9 Å². The third kappa shape index (κ3) is 5.20. The van der Waals surface area contributed by atoms with Gasteiger partial charge in [-0.25, -0.2) is 0 Å². The number of hydrogen-bond acceptors (Lipinski definition) is 5. The normalized spacial score (nSPS) is 17.6. The fourth-order valence-electron chi connectivity index (χ4n) is 4.13. The Kier molecular flexibility index (Phi) is 6.39. The van der Waals surface area contributed by atoms with Gasteiger partial charge in [-0.1, -0.05) is 36.4 Å². The number of aromatic nitrogens is 2. The number of hydrogen-bond donors (Lipinski definition) is 4. The number of carboxylic acids is 1. The van der Waals surface area contributed by atoms with Crippen LogP contribution in [0.3, 0.4) is 0 Å². The number of nitrogens with two attached hydrogens (primary N) is 1. The summed E-state index contributed by atoms with van der Waals surface area (Å²) < 4.78 is 5.97. The molecular formula is C24H25N5O4. The van der Waals surface area contributed by atoms with Crippen LogP contribution in [0.2, 0.25) is 0 Å². The number of nitrogens with zero attached hydrogens (tertiary/aromatic N) is 2. The molecule has 1 aliphatic heterocycles. The molecule has 2 aromatic carbocycles. The number of amidine groups is 1. The number of benzene rings is 2. The summed E-state index contributed by atoms with van der Waals surface area (Å²) >= 11 is 0. The lowest BCUT2D eigenvalue weighted by atomic mass is 10.0. The Morgan fingerprint density at radius 3 is 2.36 bits per heavy atom. The van der Waals surface area contributed by atoms with Crippen LogP contribution in [0, 0.1) is 11.3 Å². The molecule has 0 spiro atoms. The minimum absolute atomic E-state index is 0.0166. The number of nitrogens with one attached hydrogen (secondary N) is 2. The monoisotopic (exact) mass is 447 g/mol. The number of nitrogen functional groups attached to an aromatic ring is 1. The predicted octanol–water partition coefficient (Wildman–Crippen LogP) is 2.75. The van der Waals surface area contributed by atoms with Crippen molar-refractivity contribution in [3.8, 4) is 16.9 Å². The summed E-state index contributed by atoms with van der Waals surface area (Å²) in [5.41, 5.74) is 8.61. The van der Waals surface area contributed by atoms with Crippen LogP contribution >= 0.6 is 0 Å². The standard InChI is InChI=1S/C24H25N5O4/c25-23(26)18-3-1-16(2-4-18)17-5-7-21(8-6-17)33-14-20-9-15(10-22(30)31)13-29(20)24(32)19-11-27-28-12-19/h1-8,11-12,15,20H,9-10,13-14H2,(H3,25,26)(H,27,28)(H,30,31)/t15-,20-/m0/s1. The number of rotatable bonds is 8. The Morgan fingerprint density at radius 2 is 1.79 bits per heavy atom. The lowest BCUT2D eigenvalue weighted by molar-refractivity contribution is -0.138. The fraction of sp³-hybridized carbons (Fsp3) is 0.250. The van der Waals surface area contributed by atoms with E-state index in [0.29, 0.717) is 29.8 Å². The van der Waals surface area contributed by atoms with Crippen molar-refractivity contribution >= 4 is 17.7 Å². The summed E-state index contributed by atoms with van der Waals surface area (Å²) in [7, 11) is 0. The van der Waals surface area contributed by atoms with Crippen molar-refractivity contribution in [1.82, 2.24) is 15.1 Å². The van der Waals surface area contributed by atoms with Gasteiger partial charge in [0.25, 0.3) is 5.91 Å². The zero-order valence-corrected chi connectivity index (χ0v) is 17.9. The Bertz CT molecular complexity index is 1130. The van der Waals surface area contributed by atoms with Crippen LogP contribution in [0.1, 0.15) is 28.8 Å². The smallest absolute Gasteiger partial charge is 0.303 e. The number of likely N-dealkylation sites (tertiary alicyclic amines) is 1. The molecule has 9 heteroatoms. The van der Waals surface area contributed by atoms with Crippen molar-refractivity contribution in [1.29, 1.82) is 5.41 Å². The van der Waals surface area contributed by atoms with Crippen molar-refractivity contribution in [2.75, 3.05) is 13.2 Å². The van der Waals surface area contributed by atoms with Crippen LogP contribution in [-0.4, -0.2) is 57.1 Å². The number of aromatic amines is 1. The van der Waals surface area contributed by atoms with Gasteiger partial charge >= 0.3 is 5.97 Å². The molecule has 170 valence electrons. The predicted molar refractivity (Wildman–Crippen MR) is 122 cm³/mol. The van der Waals surface area contributed by atoms with E-state index in [-0.39, 0.29) is 36.7 Å². The van der Waals surface area contributed by atoms with Gasteiger partial charge in [0.2, 0.25) is 0 Å². The molecule has 0 saturated carbocycles. The maximum atomic E-state index is 12.9. The van der Waals surface area contributed by atoms with Gasteiger partial charge < -0.3 is 20.5 Å². The van der Waals surface area contributed by atoms with Crippen molar-refractivity contribution in [2.24, 2.45) is 11.7 Å². The minimum Gasteiger partial charge on any atom is -0.491 e. The molecule has 3 aromatic rings. The molecule has 2 heterocycles. The van der Waals surface area contributed by atoms with Crippen molar-refractivity contribution < 1.29 is 19.4 Å². The molecule has 0 bridgehead atoms. The summed E-state index contributed by atoms with van der Waals surface area (Å²) in [6.45, 7) is 0.645. The van der Waals surface area contributed by atoms with E-state index in [1.54, 1.807) is 17.0 Å². The summed E-state index contributed by atoms with van der Waals surface area (Å²) in [6.07, 6.45) is 3.58. The van der Waals surface area contributed by atoms with Crippen LogP contribution in [0.15, 0.2) is 60.9 Å². The van der Waals surface area contributed by atoms with Crippen molar-refractivity contribution in [3.05, 3.63) is 72.1 Å². The van der Waals surface area contributed by atoms with E-state index < -0.39 is 5.97 Å². The minimum atomic E-state index is -0.871. The number of amides is 1. The quantitative estimate of drug-likeness (QED) is 0.309. The van der Waals surface area contributed by atoms with Crippen LogP contribution in [0.5, 0.6) is 5.75 Å². The first-order valence-electron chi connectivity index (χ1n) is 10.6. The van der Waals surface area contributed by atoms with Gasteiger partial charge in [-0.15, -0.1) is 0 Å². The lowest BCUT2D eigenvalue weighted by Crippen LogP contribution is -2.39. The molecule has 0 aliphatic carbocycles. The molecule has 4 rings (SSSR count). The van der Waals surface area contributed by atoms with Gasteiger partial charge in [0.1, 0.15) is 18.2 Å². The Balaban J connectivity index is 1.42. The second kappa shape index (κ2) is 9.56. The highest BCUT2D eigenvalue weighted by Gasteiger charge is 2.37. The van der Waals surface area contributed by atoms with E-state index in [1.807, 2.05) is 36.4 Å². The molecule has 33 heavy (non-hydrogen) atoms. The van der Waals surface area contributed by atoms with Crippen LogP contribution in [0.25, 0.3) is 11.1 Å². The molecule has 1 saturated heterocycles. The molecule has 2 atom stereocenters. The molecule has 0 radical (unpaired) electrons. The summed E-state index contributed by atoms with van der Waals surface area (Å²) in [5, 5.41) is 23.1. The first-order valence-corrected chi connectivity index (χ1v) is 10.6. The second-order valence-electron chi connectivity index (χ2n) is 8.12. The van der Waals surface area contributed by atoms with Crippen LogP contribution in [-0.2, 0) is 4.79 Å². The highest BCUT2D eigenvalue weighted by Crippen LogP contribution is 2.29. The molecule has 5 N–H and O–H groups in total. The number of ether oxygens (including phenoxy) is 1. The number of carbonyl (C=O) groups is 2. The van der Waals surface area contributed by atoms with Gasteiger partial charge in [-0.3, -0.25) is 20.1 Å².